The molecule has 0 unspecified atom stereocenters. The van der Waals surface area contributed by atoms with Gasteiger partial charge in [-0.1, -0.05) is 25.7 Å². The topological polar surface area (TPSA) is 106 Å². The number of anilines is 3. The summed E-state index contributed by atoms with van der Waals surface area (Å²) in [5.74, 6) is 0.864. The lowest BCUT2D eigenvalue weighted by atomic mass is 10.1. The molecule has 3 rings (SSSR count). The molecule has 0 atom stereocenters. The fourth-order valence-corrected chi connectivity index (χ4v) is 3.17. The third kappa shape index (κ3) is 4.62. The molecule has 1 aliphatic rings. The Morgan fingerprint density at radius 1 is 1.08 bits per heavy atom. The maximum Gasteiger partial charge on any atom is 0.353 e. The van der Waals surface area contributed by atoms with Gasteiger partial charge >= 0.3 is 5.69 Å². The van der Waals surface area contributed by atoms with Crippen LogP contribution in [0, 0.1) is 10.1 Å². The van der Waals surface area contributed by atoms with Crippen LogP contribution < -0.4 is 10.6 Å². The van der Waals surface area contributed by atoms with Crippen molar-refractivity contribution >= 4 is 39.1 Å². The van der Waals surface area contributed by atoms with Crippen LogP contribution in [0.3, 0.4) is 0 Å². The van der Waals surface area contributed by atoms with Crippen LogP contribution in [0.15, 0.2) is 29.1 Å². The van der Waals surface area contributed by atoms with Crippen LogP contribution in [0.2, 0.25) is 0 Å². The number of rotatable bonds is 5. The number of aromatic nitrogens is 3. The number of halogens is 1. The van der Waals surface area contributed by atoms with Gasteiger partial charge in [0.25, 0.3) is 0 Å². The highest BCUT2D eigenvalue weighted by Gasteiger charge is 2.25. The standard InChI is InChI=1S/C16H19BrN6O2/c17-11-7-8-13(18-9-11)22-16-14(23(24)25)15(19-10-20-16)21-12-5-3-1-2-4-6-12/h7-10,12H,1-6H2,(H2,18,19,20,21,22). The second-order valence-electron chi connectivity index (χ2n) is 6.00. The van der Waals surface area contributed by atoms with Crippen molar-refractivity contribution < 1.29 is 4.92 Å². The summed E-state index contributed by atoms with van der Waals surface area (Å²) in [5, 5.41) is 17.8. The normalized spacial score (nSPS) is 15.4. The molecule has 0 aliphatic heterocycles. The predicted octanol–water partition coefficient (Wildman–Crippen LogP) is 4.42. The monoisotopic (exact) mass is 406 g/mol. The molecule has 9 heteroatoms. The van der Waals surface area contributed by atoms with Crippen LogP contribution in [-0.2, 0) is 0 Å². The zero-order valence-corrected chi connectivity index (χ0v) is 15.2. The molecule has 0 amide bonds. The Balaban J connectivity index is 1.85. The third-order valence-corrected chi connectivity index (χ3v) is 4.64. The van der Waals surface area contributed by atoms with Gasteiger partial charge in [0.05, 0.1) is 4.92 Å². The Morgan fingerprint density at radius 3 is 2.44 bits per heavy atom. The molecule has 2 aromatic rings. The summed E-state index contributed by atoms with van der Waals surface area (Å²) in [6.07, 6.45) is 9.62. The SMILES string of the molecule is O=[N+]([O-])c1c(Nc2ccc(Br)cn2)ncnc1NC1CCCCCC1. The highest BCUT2D eigenvalue weighted by Crippen LogP contribution is 2.32. The van der Waals surface area contributed by atoms with Gasteiger partial charge < -0.3 is 10.6 Å². The van der Waals surface area contributed by atoms with Crippen LogP contribution in [-0.4, -0.2) is 25.9 Å². The van der Waals surface area contributed by atoms with Gasteiger partial charge in [0, 0.05) is 16.7 Å². The lowest BCUT2D eigenvalue weighted by Crippen LogP contribution is -2.20. The van der Waals surface area contributed by atoms with E-state index in [2.05, 4.69) is 41.5 Å². The molecular weight excluding hydrogens is 388 g/mol. The van der Waals surface area contributed by atoms with Crippen molar-refractivity contribution in [2.75, 3.05) is 10.6 Å². The van der Waals surface area contributed by atoms with Crippen molar-refractivity contribution in [1.82, 2.24) is 15.0 Å². The Morgan fingerprint density at radius 2 is 1.80 bits per heavy atom. The van der Waals surface area contributed by atoms with Gasteiger partial charge in [-0.15, -0.1) is 0 Å². The molecule has 2 aromatic heterocycles. The molecular formula is C16H19BrN6O2. The molecule has 2 heterocycles. The van der Waals surface area contributed by atoms with Crippen LogP contribution in [0.25, 0.3) is 0 Å². The van der Waals surface area contributed by atoms with Crippen LogP contribution in [0.4, 0.5) is 23.1 Å². The number of nitrogens with zero attached hydrogens (tertiary/aromatic N) is 4. The largest absolute Gasteiger partial charge is 0.361 e. The van der Waals surface area contributed by atoms with E-state index in [9.17, 15) is 10.1 Å². The van der Waals surface area contributed by atoms with Crippen molar-refractivity contribution in [3.05, 3.63) is 39.2 Å². The van der Waals surface area contributed by atoms with E-state index >= 15 is 0 Å². The third-order valence-electron chi connectivity index (χ3n) is 4.17. The molecule has 0 radical (unpaired) electrons. The quantitative estimate of drug-likeness (QED) is 0.429. The van der Waals surface area contributed by atoms with E-state index in [-0.39, 0.29) is 23.4 Å². The summed E-state index contributed by atoms with van der Waals surface area (Å²) in [7, 11) is 0. The van der Waals surface area contributed by atoms with E-state index in [1.165, 1.54) is 19.2 Å². The van der Waals surface area contributed by atoms with Gasteiger partial charge in [0.15, 0.2) is 0 Å². The minimum Gasteiger partial charge on any atom is -0.361 e. The van der Waals surface area contributed by atoms with Crippen molar-refractivity contribution in [2.24, 2.45) is 0 Å². The first kappa shape index (κ1) is 17.5. The van der Waals surface area contributed by atoms with Gasteiger partial charge in [-0.2, -0.15) is 0 Å². The molecule has 2 N–H and O–H groups in total. The summed E-state index contributed by atoms with van der Waals surface area (Å²) < 4.78 is 0.825. The fourth-order valence-electron chi connectivity index (χ4n) is 2.94. The van der Waals surface area contributed by atoms with Gasteiger partial charge in [0.1, 0.15) is 12.1 Å². The molecule has 1 aliphatic carbocycles. The number of nitrogens with one attached hydrogen (secondary N) is 2. The van der Waals surface area contributed by atoms with Gasteiger partial charge in [-0.3, -0.25) is 10.1 Å². The second-order valence-corrected chi connectivity index (χ2v) is 6.91. The first-order valence-electron chi connectivity index (χ1n) is 8.28. The Kier molecular flexibility index (Phi) is 5.75. The minimum atomic E-state index is -0.458. The Labute approximate surface area is 153 Å². The van der Waals surface area contributed by atoms with E-state index in [4.69, 9.17) is 0 Å². The number of hydrogen-bond donors (Lipinski definition) is 2. The van der Waals surface area contributed by atoms with E-state index < -0.39 is 4.92 Å². The highest BCUT2D eigenvalue weighted by molar-refractivity contribution is 9.10. The van der Waals surface area contributed by atoms with E-state index in [1.54, 1.807) is 18.3 Å². The second kappa shape index (κ2) is 8.19. The summed E-state index contributed by atoms with van der Waals surface area (Å²) >= 11 is 3.31. The maximum absolute atomic E-state index is 11.6. The van der Waals surface area contributed by atoms with Crippen LogP contribution >= 0.6 is 15.9 Å². The summed E-state index contributed by atoms with van der Waals surface area (Å²) in [5.41, 5.74) is -0.156. The molecule has 8 nitrogen and oxygen atoms in total. The van der Waals surface area contributed by atoms with Crippen molar-refractivity contribution in [3.63, 3.8) is 0 Å². The van der Waals surface area contributed by atoms with Crippen LogP contribution in [0.1, 0.15) is 38.5 Å². The summed E-state index contributed by atoms with van der Waals surface area (Å²) in [4.78, 5) is 23.5. The molecule has 0 spiro atoms. The van der Waals surface area contributed by atoms with Gasteiger partial charge in [-0.25, -0.2) is 15.0 Å². The predicted molar refractivity (Wildman–Crippen MR) is 99.0 cm³/mol. The molecule has 0 aromatic carbocycles. The van der Waals surface area contributed by atoms with Crippen molar-refractivity contribution in [1.29, 1.82) is 0 Å². The Hall–Kier alpha value is -2.29. The summed E-state index contributed by atoms with van der Waals surface area (Å²) in [6.45, 7) is 0. The zero-order chi connectivity index (χ0) is 17.6. The molecule has 0 saturated heterocycles. The van der Waals surface area contributed by atoms with E-state index in [0.717, 1.165) is 30.2 Å². The number of nitro groups is 1. The first-order valence-corrected chi connectivity index (χ1v) is 9.07. The number of pyridine rings is 1. The molecule has 0 bridgehead atoms. The van der Waals surface area contributed by atoms with Crippen LogP contribution in [0.5, 0.6) is 0 Å². The minimum absolute atomic E-state index is 0.131. The zero-order valence-electron chi connectivity index (χ0n) is 13.6. The highest BCUT2D eigenvalue weighted by atomic mass is 79.9. The molecule has 132 valence electrons. The van der Waals surface area contributed by atoms with Crippen molar-refractivity contribution in [3.8, 4) is 0 Å². The average Bonchev–Trinajstić information content (AvgIpc) is 2.85. The fraction of sp³-hybridized carbons (Fsp3) is 0.438. The van der Waals surface area contributed by atoms with E-state index in [1.807, 2.05) is 0 Å². The molecule has 1 saturated carbocycles. The number of hydrogen-bond acceptors (Lipinski definition) is 7. The maximum atomic E-state index is 11.6. The average molecular weight is 407 g/mol. The summed E-state index contributed by atoms with van der Waals surface area (Å²) in [6, 6.07) is 3.72. The van der Waals surface area contributed by atoms with E-state index in [0.29, 0.717) is 5.82 Å². The Bertz CT molecular complexity index is 732. The molecule has 25 heavy (non-hydrogen) atoms. The lowest BCUT2D eigenvalue weighted by Gasteiger charge is -2.17. The lowest BCUT2D eigenvalue weighted by molar-refractivity contribution is -0.383. The first-order chi connectivity index (χ1) is 12.1. The van der Waals surface area contributed by atoms with Gasteiger partial charge in [-0.05, 0) is 40.9 Å². The smallest absolute Gasteiger partial charge is 0.353 e. The van der Waals surface area contributed by atoms with Gasteiger partial charge in [0.2, 0.25) is 11.6 Å². The molecule has 1 fully saturated rings. The van der Waals surface area contributed by atoms with Crippen molar-refractivity contribution in [2.45, 2.75) is 44.6 Å².